The molecule has 1 aliphatic carbocycles. The fourth-order valence-corrected chi connectivity index (χ4v) is 10.3. The van der Waals surface area contributed by atoms with Crippen molar-refractivity contribution < 1.29 is 0 Å². The fraction of sp³-hybridized carbons (Fsp3) is 0.0545. The van der Waals surface area contributed by atoms with Gasteiger partial charge in [0.15, 0.2) is 0 Å². The van der Waals surface area contributed by atoms with Crippen molar-refractivity contribution in [3.8, 4) is 39.1 Å². The second kappa shape index (κ2) is 11.5. The molecule has 1 aliphatic rings. The lowest BCUT2D eigenvalue weighted by atomic mass is 9.79. The zero-order chi connectivity index (χ0) is 37.1. The zero-order valence-electron chi connectivity index (χ0n) is 31.3. The molecule has 1 nitrogen and oxygen atoms in total. The quantitative estimate of drug-likeness (QED) is 0.161. The fourth-order valence-electron chi connectivity index (χ4n) is 10.3. The van der Waals surface area contributed by atoms with Crippen LogP contribution in [-0.4, -0.2) is 4.57 Å². The Bertz CT molecular complexity index is 3380. The Morgan fingerprint density at radius 2 is 0.929 bits per heavy atom. The lowest BCUT2D eigenvalue weighted by Crippen LogP contribution is -2.15. The van der Waals surface area contributed by atoms with Crippen LogP contribution in [0.3, 0.4) is 0 Å². The molecular weight excluding hydrogens is 675 g/mol. The largest absolute Gasteiger partial charge is 0.309 e. The first kappa shape index (κ1) is 31.4. The first-order chi connectivity index (χ1) is 27.6. The summed E-state index contributed by atoms with van der Waals surface area (Å²) in [4.78, 5) is 0. The van der Waals surface area contributed by atoms with Gasteiger partial charge in [-0.1, -0.05) is 172 Å². The van der Waals surface area contributed by atoms with Gasteiger partial charge in [-0.25, -0.2) is 0 Å². The van der Waals surface area contributed by atoms with Gasteiger partial charge in [-0.3, -0.25) is 0 Å². The minimum Gasteiger partial charge on any atom is -0.309 e. The molecule has 0 bridgehead atoms. The molecule has 1 aromatic heterocycles. The molecule has 0 unspecified atom stereocenters. The number of para-hydroxylation sites is 1. The molecule has 0 N–H and O–H groups in total. The van der Waals surface area contributed by atoms with Crippen LogP contribution in [0.15, 0.2) is 188 Å². The number of rotatable bonds is 3. The Hall–Kier alpha value is -6.96. The van der Waals surface area contributed by atoms with Gasteiger partial charge in [0.05, 0.1) is 11.0 Å². The Morgan fingerprint density at radius 1 is 0.357 bits per heavy atom. The number of hydrogen-bond donors (Lipinski definition) is 0. The van der Waals surface area contributed by atoms with Crippen LogP contribution in [0.2, 0.25) is 0 Å². The van der Waals surface area contributed by atoms with E-state index in [-0.39, 0.29) is 5.41 Å². The van der Waals surface area contributed by atoms with E-state index < -0.39 is 0 Å². The molecule has 1 heterocycles. The Labute approximate surface area is 325 Å². The molecule has 12 rings (SSSR count). The van der Waals surface area contributed by atoms with Crippen LogP contribution in [0.5, 0.6) is 0 Å². The van der Waals surface area contributed by atoms with E-state index >= 15 is 0 Å². The average Bonchev–Trinajstić information content (AvgIpc) is 3.71. The van der Waals surface area contributed by atoms with Crippen molar-refractivity contribution in [1.29, 1.82) is 0 Å². The van der Waals surface area contributed by atoms with E-state index in [2.05, 4.69) is 206 Å². The maximum Gasteiger partial charge on any atom is 0.0619 e. The third-order valence-corrected chi connectivity index (χ3v) is 12.7. The van der Waals surface area contributed by atoms with E-state index in [1.165, 1.54) is 115 Å². The van der Waals surface area contributed by atoms with Gasteiger partial charge in [-0.15, -0.1) is 0 Å². The maximum absolute atomic E-state index is 2.53. The number of fused-ring (bicyclic) bond motifs is 12. The summed E-state index contributed by atoms with van der Waals surface area (Å²) in [6.45, 7) is 4.78. The van der Waals surface area contributed by atoms with Crippen molar-refractivity contribution in [3.05, 3.63) is 199 Å². The molecule has 262 valence electrons. The Kier molecular flexibility index (Phi) is 6.46. The molecule has 0 saturated carbocycles. The van der Waals surface area contributed by atoms with Crippen molar-refractivity contribution in [2.45, 2.75) is 19.3 Å². The van der Waals surface area contributed by atoms with Crippen molar-refractivity contribution in [2.75, 3.05) is 0 Å². The van der Waals surface area contributed by atoms with Gasteiger partial charge in [0.1, 0.15) is 0 Å². The predicted octanol–water partition coefficient (Wildman–Crippen LogP) is 15.0. The van der Waals surface area contributed by atoms with Gasteiger partial charge < -0.3 is 4.57 Å². The third kappa shape index (κ3) is 4.20. The smallest absolute Gasteiger partial charge is 0.0619 e. The monoisotopic (exact) mass is 711 g/mol. The van der Waals surface area contributed by atoms with Crippen molar-refractivity contribution >= 4 is 64.9 Å². The molecule has 0 aliphatic heterocycles. The maximum atomic E-state index is 2.53. The average molecular weight is 712 g/mol. The number of hydrogen-bond acceptors (Lipinski definition) is 0. The topological polar surface area (TPSA) is 4.93 Å². The second-order valence-corrected chi connectivity index (χ2v) is 16.0. The number of nitrogens with zero attached hydrogens (tertiary/aromatic N) is 1. The van der Waals surface area contributed by atoms with Gasteiger partial charge in [-0.05, 0) is 113 Å². The standard InChI is InChI=1S/C55H37N/c1-55(2)48-27-15-14-26-45(48)53-39-21-9-8-20-38(39)47(33-49(53)55)52-42-24-12-10-22-40(42)51(41-23-11-13-25-43(41)52)35-29-31-50-46(32-35)44-30-28-34-16-6-7-19-37(34)54(44)56(50)36-17-4-3-5-18-36/h3-33H,1-2H3. The minimum absolute atomic E-state index is 0.115. The van der Waals surface area contributed by atoms with E-state index in [1.807, 2.05) is 0 Å². The van der Waals surface area contributed by atoms with Crippen LogP contribution in [0.1, 0.15) is 25.0 Å². The summed E-state index contributed by atoms with van der Waals surface area (Å²) in [5.74, 6) is 0. The molecule has 11 aromatic rings. The second-order valence-electron chi connectivity index (χ2n) is 16.0. The van der Waals surface area contributed by atoms with Crippen LogP contribution < -0.4 is 0 Å². The molecule has 0 amide bonds. The summed E-state index contributed by atoms with van der Waals surface area (Å²) in [5, 5.41) is 12.7. The highest BCUT2D eigenvalue weighted by Gasteiger charge is 2.37. The first-order valence-corrected chi connectivity index (χ1v) is 19.7. The predicted molar refractivity (Wildman–Crippen MR) is 239 cm³/mol. The van der Waals surface area contributed by atoms with Gasteiger partial charge in [0.25, 0.3) is 0 Å². The van der Waals surface area contributed by atoms with Crippen molar-refractivity contribution in [1.82, 2.24) is 4.57 Å². The molecule has 0 atom stereocenters. The van der Waals surface area contributed by atoms with Crippen molar-refractivity contribution in [3.63, 3.8) is 0 Å². The minimum atomic E-state index is -0.115. The highest BCUT2D eigenvalue weighted by Crippen LogP contribution is 2.55. The van der Waals surface area contributed by atoms with E-state index in [9.17, 15) is 0 Å². The highest BCUT2D eigenvalue weighted by atomic mass is 15.0. The van der Waals surface area contributed by atoms with Crippen LogP contribution in [0.4, 0.5) is 0 Å². The Balaban J connectivity index is 1.17. The van der Waals surface area contributed by atoms with E-state index in [0.29, 0.717) is 0 Å². The van der Waals surface area contributed by atoms with E-state index in [4.69, 9.17) is 0 Å². The summed E-state index contributed by atoms with van der Waals surface area (Å²) >= 11 is 0. The van der Waals surface area contributed by atoms with E-state index in [1.54, 1.807) is 0 Å². The summed E-state index contributed by atoms with van der Waals surface area (Å²) in [6.07, 6.45) is 0. The van der Waals surface area contributed by atoms with Gasteiger partial charge in [0, 0.05) is 27.3 Å². The lowest BCUT2D eigenvalue weighted by Gasteiger charge is -2.24. The summed E-state index contributed by atoms with van der Waals surface area (Å²) < 4.78 is 2.45. The molecule has 0 fully saturated rings. The van der Waals surface area contributed by atoms with Crippen molar-refractivity contribution in [2.24, 2.45) is 0 Å². The molecule has 1 heteroatoms. The van der Waals surface area contributed by atoms with Gasteiger partial charge in [-0.2, -0.15) is 0 Å². The van der Waals surface area contributed by atoms with Crippen LogP contribution in [-0.2, 0) is 5.41 Å². The summed E-state index contributed by atoms with van der Waals surface area (Å²) in [5.41, 5.74) is 14.2. The number of benzene rings is 10. The SMILES string of the molecule is CC1(C)c2ccccc2-c2c1cc(-c1c3ccccc3c(-c3ccc4c(c3)c3ccc5ccccc5c3n4-c3ccccc3)c3ccccc13)c1ccccc21. The molecule has 10 aromatic carbocycles. The lowest BCUT2D eigenvalue weighted by molar-refractivity contribution is 0.661. The van der Waals surface area contributed by atoms with E-state index in [0.717, 1.165) is 0 Å². The molecule has 0 saturated heterocycles. The van der Waals surface area contributed by atoms with Crippen LogP contribution in [0.25, 0.3) is 104 Å². The third-order valence-electron chi connectivity index (χ3n) is 12.7. The highest BCUT2D eigenvalue weighted by molar-refractivity contribution is 6.26. The molecular formula is C55H37N. The zero-order valence-corrected chi connectivity index (χ0v) is 31.3. The Morgan fingerprint density at radius 3 is 1.64 bits per heavy atom. The van der Waals surface area contributed by atoms with Gasteiger partial charge >= 0.3 is 0 Å². The van der Waals surface area contributed by atoms with Gasteiger partial charge in [0.2, 0.25) is 0 Å². The van der Waals surface area contributed by atoms with Crippen LogP contribution in [0, 0.1) is 0 Å². The summed E-state index contributed by atoms with van der Waals surface area (Å²) in [6, 6.07) is 70.1. The molecule has 0 radical (unpaired) electrons. The molecule has 56 heavy (non-hydrogen) atoms. The first-order valence-electron chi connectivity index (χ1n) is 19.7. The number of aromatic nitrogens is 1. The summed E-state index contributed by atoms with van der Waals surface area (Å²) in [7, 11) is 0. The normalized spacial score (nSPS) is 13.3. The molecule has 0 spiro atoms. The van der Waals surface area contributed by atoms with Crippen LogP contribution >= 0.6 is 0 Å².